The molecule has 2 aromatic carbocycles. The Morgan fingerprint density at radius 3 is 2.15 bits per heavy atom. The fourth-order valence-electron chi connectivity index (χ4n) is 3.32. The summed E-state index contributed by atoms with van der Waals surface area (Å²) < 4.78 is 10.3. The van der Waals surface area contributed by atoms with Gasteiger partial charge in [0.05, 0.1) is 12.1 Å². The van der Waals surface area contributed by atoms with E-state index in [9.17, 15) is 19.2 Å². The van der Waals surface area contributed by atoms with Crippen LogP contribution in [0.1, 0.15) is 47.3 Å². The predicted octanol–water partition coefficient (Wildman–Crippen LogP) is 3.49. The molecule has 0 heterocycles. The van der Waals surface area contributed by atoms with E-state index in [0.717, 1.165) is 16.7 Å². The smallest absolute Gasteiger partial charge is 0.408 e. The highest BCUT2D eigenvalue weighted by molar-refractivity contribution is 5.95. The van der Waals surface area contributed by atoms with Gasteiger partial charge in [0.25, 0.3) is 0 Å². The average Bonchev–Trinajstić information content (AvgIpc) is 2.79. The first-order chi connectivity index (χ1) is 16.2. The lowest BCUT2D eigenvalue weighted by molar-refractivity contribution is -0.127. The highest BCUT2D eigenvalue weighted by Crippen LogP contribution is 2.14. The first kappa shape index (κ1) is 26.6. The Morgan fingerprint density at radius 1 is 0.882 bits per heavy atom. The van der Waals surface area contributed by atoms with E-state index in [1.54, 1.807) is 26.0 Å². The molecular formula is C26H32N2O6. The van der Waals surface area contributed by atoms with E-state index in [-0.39, 0.29) is 19.1 Å². The summed E-state index contributed by atoms with van der Waals surface area (Å²) in [5.41, 5.74) is 2.76. The topological polar surface area (TPSA) is 111 Å². The van der Waals surface area contributed by atoms with Gasteiger partial charge in [0, 0.05) is 0 Å². The Bertz CT molecular complexity index is 983. The molecule has 0 unspecified atom stereocenters. The molecule has 1 atom stereocenters. The second-order valence-corrected chi connectivity index (χ2v) is 8.49. The molecule has 0 spiro atoms. The number of hydrogen-bond acceptors (Lipinski definition) is 6. The molecule has 0 bridgehead atoms. The van der Waals surface area contributed by atoms with Crippen LogP contribution in [0.2, 0.25) is 0 Å². The molecule has 0 aliphatic carbocycles. The van der Waals surface area contributed by atoms with Crippen molar-refractivity contribution in [1.82, 2.24) is 10.6 Å². The summed E-state index contributed by atoms with van der Waals surface area (Å²) in [6.45, 7) is 6.69. The van der Waals surface area contributed by atoms with E-state index in [2.05, 4.69) is 10.6 Å². The van der Waals surface area contributed by atoms with Gasteiger partial charge in [0.2, 0.25) is 5.91 Å². The third-order valence-electron chi connectivity index (χ3n) is 5.04. The minimum Gasteiger partial charge on any atom is -0.454 e. The molecule has 0 saturated carbocycles. The summed E-state index contributed by atoms with van der Waals surface area (Å²) in [6.07, 6.45) is -0.360. The van der Waals surface area contributed by atoms with E-state index in [4.69, 9.17) is 9.47 Å². The van der Waals surface area contributed by atoms with Gasteiger partial charge in [-0.25, -0.2) is 9.59 Å². The summed E-state index contributed by atoms with van der Waals surface area (Å²) in [7, 11) is 0. The molecular weight excluding hydrogens is 436 g/mol. The number of carbonyl (C=O) groups is 4. The third kappa shape index (κ3) is 8.69. The van der Waals surface area contributed by atoms with Gasteiger partial charge in [-0.05, 0) is 42.9 Å². The first-order valence-corrected chi connectivity index (χ1v) is 11.2. The molecule has 0 saturated heterocycles. The zero-order valence-corrected chi connectivity index (χ0v) is 20.1. The Morgan fingerprint density at radius 2 is 1.53 bits per heavy atom. The summed E-state index contributed by atoms with van der Waals surface area (Å²) in [5, 5.41) is 5.06. The lowest BCUT2D eigenvalue weighted by atomic mass is 10.0. The molecule has 182 valence electrons. The zero-order chi connectivity index (χ0) is 25.1. The van der Waals surface area contributed by atoms with Crippen molar-refractivity contribution in [2.75, 3.05) is 13.2 Å². The number of ether oxygens (including phenoxy) is 2. The molecule has 2 aromatic rings. The van der Waals surface area contributed by atoms with E-state index < -0.39 is 36.4 Å². The van der Waals surface area contributed by atoms with Crippen LogP contribution in [0.5, 0.6) is 0 Å². The van der Waals surface area contributed by atoms with Gasteiger partial charge < -0.3 is 20.1 Å². The second kappa shape index (κ2) is 13.1. The van der Waals surface area contributed by atoms with E-state index >= 15 is 0 Å². The van der Waals surface area contributed by atoms with Crippen molar-refractivity contribution in [2.45, 2.75) is 46.8 Å². The SMILES string of the molecule is Cc1cccc(C)c1C(=O)OCC(=O)CNC(=O)[C@H](CC(C)C)NC(=O)OCc1ccccc1. The van der Waals surface area contributed by atoms with Crippen molar-refractivity contribution in [3.63, 3.8) is 0 Å². The molecule has 34 heavy (non-hydrogen) atoms. The van der Waals surface area contributed by atoms with Crippen LogP contribution >= 0.6 is 0 Å². The van der Waals surface area contributed by atoms with Crippen LogP contribution in [-0.4, -0.2) is 42.9 Å². The van der Waals surface area contributed by atoms with Crippen molar-refractivity contribution in [3.05, 3.63) is 70.8 Å². The van der Waals surface area contributed by atoms with Crippen LogP contribution in [0.4, 0.5) is 4.79 Å². The quantitative estimate of drug-likeness (QED) is 0.489. The summed E-state index contributed by atoms with van der Waals surface area (Å²) in [4.78, 5) is 49.3. The number of Topliss-reactive ketones (excluding diaryl/α,β-unsaturated/α-hetero) is 1. The van der Waals surface area contributed by atoms with Gasteiger partial charge in [-0.2, -0.15) is 0 Å². The van der Waals surface area contributed by atoms with Crippen LogP contribution < -0.4 is 10.6 Å². The number of benzene rings is 2. The summed E-state index contributed by atoms with van der Waals surface area (Å²) in [6, 6.07) is 13.7. The molecule has 0 aliphatic heterocycles. The molecule has 2 rings (SSSR count). The Balaban J connectivity index is 1.83. The molecule has 8 heteroatoms. The highest BCUT2D eigenvalue weighted by atomic mass is 16.5. The first-order valence-electron chi connectivity index (χ1n) is 11.2. The Kier molecular flexibility index (Phi) is 10.3. The molecule has 0 aliphatic rings. The summed E-state index contributed by atoms with van der Waals surface area (Å²) in [5.74, 6) is -1.46. The number of aryl methyl sites for hydroxylation is 2. The minimum absolute atomic E-state index is 0.0763. The van der Waals surface area contributed by atoms with Gasteiger partial charge in [-0.15, -0.1) is 0 Å². The number of alkyl carbamates (subject to hydrolysis) is 1. The second-order valence-electron chi connectivity index (χ2n) is 8.49. The van der Waals surface area contributed by atoms with Crippen molar-refractivity contribution in [3.8, 4) is 0 Å². The van der Waals surface area contributed by atoms with Crippen LogP contribution in [0.15, 0.2) is 48.5 Å². The normalized spacial score (nSPS) is 11.4. The van der Waals surface area contributed by atoms with Crippen molar-refractivity contribution in [1.29, 1.82) is 0 Å². The molecule has 0 aromatic heterocycles. The number of ketones is 1. The molecule has 2 N–H and O–H groups in total. The number of carbonyl (C=O) groups excluding carboxylic acids is 4. The van der Waals surface area contributed by atoms with Crippen LogP contribution in [-0.2, 0) is 25.7 Å². The zero-order valence-electron chi connectivity index (χ0n) is 20.1. The predicted molar refractivity (Wildman–Crippen MR) is 127 cm³/mol. The molecule has 8 nitrogen and oxygen atoms in total. The standard InChI is InChI=1S/C26H32N2O6/c1-17(2)13-22(28-26(32)34-15-20-11-6-5-7-12-20)24(30)27-14-21(29)16-33-25(31)23-18(3)9-8-10-19(23)4/h5-12,17,22H,13-16H2,1-4H3,(H,27,30)(H,28,32)/t22-/m0/s1. The van der Waals surface area contributed by atoms with Gasteiger partial charge in [0.15, 0.2) is 12.4 Å². The lowest BCUT2D eigenvalue weighted by Crippen LogP contribution is -2.48. The van der Waals surface area contributed by atoms with Gasteiger partial charge in [0.1, 0.15) is 12.6 Å². The summed E-state index contributed by atoms with van der Waals surface area (Å²) >= 11 is 0. The maximum absolute atomic E-state index is 12.6. The number of rotatable bonds is 11. The Hall–Kier alpha value is -3.68. The third-order valence-corrected chi connectivity index (χ3v) is 5.04. The largest absolute Gasteiger partial charge is 0.454 e. The van der Waals surface area contributed by atoms with E-state index in [1.807, 2.05) is 50.2 Å². The molecule has 0 fully saturated rings. The minimum atomic E-state index is -0.867. The van der Waals surface area contributed by atoms with E-state index in [1.165, 1.54) is 0 Å². The maximum atomic E-state index is 12.6. The fraction of sp³-hybridized carbons (Fsp3) is 0.385. The number of esters is 1. The number of nitrogens with one attached hydrogen (secondary N) is 2. The highest BCUT2D eigenvalue weighted by Gasteiger charge is 2.23. The van der Waals surface area contributed by atoms with Gasteiger partial charge in [-0.3, -0.25) is 9.59 Å². The van der Waals surface area contributed by atoms with Crippen molar-refractivity contribution >= 4 is 23.8 Å². The average molecular weight is 469 g/mol. The number of hydrogen-bond donors (Lipinski definition) is 2. The lowest BCUT2D eigenvalue weighted by Gasteiger charge is -2.20. The monoisotopic (exact) mass is 468 g/mol. The van der Waals surface area contributed by atoms with Gasteiger partial charge >= 0.3 is 12.1 Å². The van der Waals surface area contributed by atoms with Gasteiger partial charge in [-0.1, -0.05) is 62.4 Å². The van der Waals surface area contributed by atoms with Crippen LogP contribution in [0.25, 0.3) is 0 Å². The number of amides is 2. The van der Waals surface area contributed by atoms with Crippen LogP contribution in [0, 0.1) is 19.8 Å². The fourth-order valence-corrected chi connectivity index (χ4v) is 3.32. The van der Waals surface area contributed by atoms with E-state index in [0.29, 0.717) is 12.0 Å². The van der Waals surface area contributed by atoms with Crippen molar-refractivity contribution in [2.24, 2.45) is 5.92 Å². The van der Waals surface area contributed by atoms with Crippen molar-refractivity contribution < 1.29 is 28.7 Å². The maximum Gasteiger partial charge on any atom is 0.408 e. The molecule has 0 radical (unpaired) electrons. The molecule has 2 amide bonds. The Labute approximate surface area is 200 Å². The van der Waals surface area contributed by atoms with Crippen LogP contribution in [0.3, 0.4) is 0 Å².